The molecular weight excluding hydrogens is 288 g/mol. The fraction of sp³-hybridized carbons (Fsp3) is 0.412. The van der Waals surface area contributed by atoms with E-state index in [0.29, 0.717) is 5.92 Å². The number of H-pyrrole nitrogens is 1. The van der Waals surface area contributed by atoms with E-state index in [4.69, 9.17) is 10.1 Å². The van der Waals surface area contributed by atoms with Crippen molar-refractivity contribution in [3.05, 3.63) is 36.3 Å². The summed E-state index contributed by atoms with van der Waals surface area (Å²) in [5.41, 5.74) is 2.58. The summed E-state index contributed by atoms with van der Waals surface area (Å²) in [6.45, 7) is 2.89. The standard InChI is InChI=1S/C17H20N6/c1-2-23-17(19-16(22-23)12-7-3-4-8-12)15-11-14(20-21-15)13-9-5-6-10-18-13/h5-6,9-12H,2-4,7-8H2,1H3,(H,20,21). The van der Waals surface area contributed by atoms with Gasteiger partial charge in [0.25, 0.3) is 0 Å². The molecule has 0 radical (unpaired) electrons. The molecule has 4 rings (SSSR count). The van der Waals surface area contributed by atoms with E-state index in [9.17, 15) is 0 Å². The average Bonchev–Trinajstić information content (AvgIpc) is 3.33. The van der Waals surface area contributed by atoms with Gasteiger partial charge in [0.15, 0.2) is 11.6 Å². The molecule has 0 amide bonds. The molecule has 23 heavy (non-hydrogen) atoms. The van der Waals surface area contributed by atoms with E-state index < -0.39 is 0 Å². The maximum Gasteiger partial charge on any atom is 0.176 e. The smallest absolute Gasteiger partial charge is 0.176 e. The monoisotopic (exact) mass is 308 g/mol. The van der Waals surface area contributed by atoms with Crippen molar-refractivity contribution in [2.45, 2.75) is 45.1 Å². The largest absolute Gasteiger partial charge is 0.274 e. The van der Waals surface area contributed by atoms with Crippen molar-refractivity contribution in [3.8, 4) is 22.9 Å². The van der Waals surface area contributed by atoms with E-state index in [1.807, 2.05) is 28.9 Å². The summed E-state index contributed by atoms with van der Waals surface area (Å²) in [6, 6.07) is 7.81. The lowest BCUT2D eigenvalue weighted by Gasteiger charge is -2.01. The van der Waals surface area contributed by atoms with Gasteiger partial charge in [-0.3, -0.25) is 10.1 Å². The minimum absolute atomic E-state index is 0.514. The molecule has 1 N–H and O–H groups in total. The second-order valence-electron chi connectivity index (χ2n) is 5.97. The Bertz CT molecular complexity index is 783. The molecule has 1 aliphatic rings. The van der Waals surface area contributed by atoms with Crippen LogP contribution in [-0.2, 0) is 6.54 Å². The van der Waals surface area contributed by atoms with Crippen LogP contribution in [0.1, 0.15) is 44.3 Å². The Balaban J connectivity index is 1.69. The lowest BCUT2D eigenvalue weighted by molar-refractivity contribution is 0.614. The van der Waals surface area contributed by atoms with Crippen molar-refractivity contribution in [3.63, 3.8) is 0 Å². The molecule has 0 atom stereocenters. The van der Waals surface area contributed by atoms with Gasteiger partial charge in [-0.05, 0) is 38.0 Å². The number of pyridine rings is 1. The second-order valence-corrected chi connectivity index (χ2v) is 5.97. The first kappa shape index (κ1) is 14.1. The molecule has 0 spiro atoms. The van der Waals surface area contributed by atoms with Gasteiger partial charge in [-0.15, -0.1) is 0 Å². The number of nitrogens with zero attached hydrogens (tertiary/aromatic N) is 5. The fourth-order valence-corrected chi connectivity index (χ4v) is 3.22. The Morgan fingerprint density at radius 1 is 1.22 bits per heavy atom. The van der Waals surface area contributed by atoms with Gasteiger partial charge in [-0.25, -0.2) is 9.67 Å². The van der Waals surface area contributed by atoms with Crippen LogP contribution in [0.25, 0.3) is 22.9 Å². The predicted molar refractivity (Wildman–Crippen MR) is 87.7 cm³/mol. The van der Waals surface area contributed by atoms with Crippen LogP contribution in [0.15, 0.2) is 30.5 Å². The van der Waals surface area contributed by atoms with Crippen LogP contribution in [-0.4, -0.2) is 29.9 Å². The number of aromatic amines is 1. The number of nitrogens with one attached hydrogen (secondary N) is 1. The summed E-state index contributed by atoms with van der Waals surface area (Å²) < 4.78 is 1.96. The molecule has 1 fully saturated rings. The van der Waals surface area contributed by atoms with Gasteiger partial charge in [0, 0.05) is 18.7 Å². The topological polar surface area (TPSA) is 72.3 Å². The van der Waals surface area contributed by atoms with Crippen LogP contribution in [0.4, 0.5) is 0 Å². The lowest BCUT2D eigenvalue weighted by Crippen LogP contribution is -2.01. The SMILES string of the molecule is CCn1nc(C2CCCC2)nc1-c1cc(-c2ccccn2)n[nH]1. The molecule has 3 aromatic rings. The van der Waals surface area contributed by atoms with E-state index in [2.05, 4.69) is 22.1 Å². The lowest BCUT2D eigenvalue weighted by atomic mass is 10.1. The van der Waals surface area contributed by atoms with Crippen LogP contribution < -0.4 is 0 Å². The molecule has 118 valence electrons. The van der Waals surface area contributed by atoms with Crippen molar-refractivity contribution >= 4 is 0 Å². The first-order valence-electron chi connectivity index (χ1n) is 8.27. The maximum absolute atomic E-state index is 4.80. The average molecular weight is 308 g/mol. The van der Waals surface area contributed by atoms with E-state index >= 15 is 0 Å². The van der Waals surface area contributed by atoms with Crippen LogP contribution >= 0.6 is 0 Å². The Morgan fingerprint density at radius 3 is 2.83 bits per heavy atom. The third-order valence-electron chi connectivity index (χ3n) is 4.45. The Kier molecular flexibility index (Phi) is 3.65. The summed E-state index contributed by atoms with van der Waals surface area (Å²) in [6.07, 6.45) is 6.75. The van der Waals surface area contributed by atoms with Gasteiger partial charge < -0.3 is 0 Å². The molecule has 3 aromatic heterocycles. The van der Waals surface area contributed by atoms with Crippen molar-refractivity contribution in [2.75, 3.05) is 0 Å². The fourth-order valence-electron chi connectivity index (χ4n) is 3.22. The summed E-state index contributed by atoms with van der Waals surface area (Å²) >= 11 is 0. The zero-order valence-corrected chi connectivity index (χ0v) is 13.2. The molecule has 0 saturated heterocycles. The number of rotatable bonds is 4. The van der Waals surface area contributed by atoms with Gasteiger partial charge in [0.1, 0.15) is 11.4 Å². The Labute approximate surface area is 135 Å². The number of hydrogen-bond donors (Lipinski definition) is 1. The summed E-state index contributed by atoms with van der Waals surface area (Å²) in [5.74, 6) is 2.36. The minimum atomic E-state index is 0.514. The molecule has 0 aromatic carbocycles. The highest BCUT2D eigenvalue weighted by Gasteiger charge is 2.23. The van der Waals surface area contributed by atoms with Gasteiger partial charge in [0.05, 0.1) is 5.69 Å². The van der Waals surface area contributed by atoms with Crippen LogP contribution in [0.2, 0.25) is 0 Å². The molecule has 0 bridgehead atoms. The highest BCUT2D eigenvalue weighted by atomic mass is 15.4. The van der Waals surface area contributed by atoms with Gasteiger partial charge in [0.2, 0.25) is 0 Å². The van der Waals surface area contributed by atoms with Gasteiger partial charge >= 0.3 is 0 Å². The molecule has 3 heterocycles. The maximum atomic E-state index is 4.80. The minimum Gasteiger partial charge on any atom is -0.274 e. The second kappa shape index (κ2) is 5.95. The normalized spacial score (nSPS) is 15.3. The highest BCUT2D eigenvalue weighted by Crippen LogP contribution is 2.33. The van der Waals surface area contributed by atoms with Crippen LogP contribution in [0, 0.1) is 0 Å². The van der Waals surface area contributed by atoms with E-state index in [-0.39, 0.29) is 0 Å². The van der Waals surface area contributed by atoms with Gasteiger partial charge in [-0.2, -0.15) is 10.2 Å². The third kappa shape index (κ3) is 2.65. The Morgan fingerprint density at radius 2 is 2.09 bits per heavy atom. The van der Waals surface area contributed by atoms with Crippen molar-refractivity contribution in [1.29, 1.82) is 0 Å². The first-order valence-corrected chi connectivity index (χ1v) is 8.27. The van der Waals surface area contributed by atoms with Gasteiger partial charge in [-0.1, -0.05) is 18.9 Å². The summed E-state index contributed by atoms with van der Waals surface area (Å²) in [4.78, 5) is 9.14. The third-order valence-corrected chi connectivity index (χ3v) is 4.45. The molecule has 1 saturated carbocycles. The molecule has 6 nitrogen and oxygen atoms in total. The molecule has 6 heteroatoms. The zero-order valence-electron chi connectivity index (χ0n) is 13.2. The Hall–Kier alpha value is -2.50. The van der Waals surface area contributed by atoms with E-state index in [1.165, 1.54) is 25.7 Å². The molecule has 0 unspecified atom stereocenters. The van der Waals surface area contributed by atoms with Crippen LogP contribution in [0.3, 0.4) is 0 Å². The van der Waals surface area contributed by atoms with Crippen molar-refractivity contribution in [2.24, 2.45) is 0 Å². The summed E-state index contributed by atoms with van der Waals surface area (Å²) in [7, 11) is 0. The van der Waals surface area contributed by atoms with Crippen molar-refractivity contribution < 1.29 is 0 Å². The van der Waals surface area contributed by atoms with E-state index in [1.54, 1.807) is 6.20 Å². The molecule has 0 aliphatic heterocycles. The number of aromatic nitrogens is 6. The molecule has 1 aliphatic carbocycles. The van der Waals surface area contributed by atoms with E-state index in [0.717, 1.165) is 35.3 Å². The number of aryl methyl sites for hydroxylation is 1. The summed E-state index contributed by atoms with van der Waals surface area (Å²) in [5, 5.41) is 12.2. The zero-order chi connectivity index (χ0) is 15.6. The number of hydrogen-bond acceptors (Lipinski definition) is 4. The molecular formula is C17H20N6. The highest BCUT2D eigenvalue weighted by molar-refractivity contribution is 5.62. The first-order chi connectivity index (χ1) is 11.3. The predicted octanol–water partition coefficient (Wildman–Crippen LogP) is 3.41. The van der Waals surface area contributed by atoms with Crippen LogP contribution in [0.5, 0.6) is 0 Å². The van der Waals surface area contributed by atoms with Crippen molar-refractivity contribution in [1.82, 2.24) is 29.9 Å². The quantitative estimate of drug-likeness (QED) is 0.801.